The van der Waals surface area contributed by atoms with Gasteiger partial charge in [0.15, 0.2) is 0 Å². The molecule has 1 aromatic heterocycles. The van der Waals surface area contributed by atoms with Crippen molar-refractivity contribution in [3.8, 4) is 0 Å². The van der Waals surface area contributed by atoms with Crippen molar-refractivity contribution in [1.29, 1.82) is 0 Å². The van der Waals surface area contributed by atoms with Crippen LogP contribution in [0.2, 0.25) is 0 Å². The molecule has 0 atom stereocenters. The minimum atomic E-state index is 0.865. The monoisotopic (exact) mass is 289 g/mol. The Labute approximate surface area is 133 Å². The average molecular weight is 289 g/mol. The zero-order chi connectivity index (χ0) is 16.1. The van der Waals surface area contributed by atoms with E-state index in [1.165, 1.54) is 27.6 Å². The molecule has 1 heteroatoms. The summed E-state index contributed by atoms with van der Waals surface area (Å²) in [5.74, 6) is 0. The number of nitrogens with zero attached hydrogens (tertiary/aromatic N) is 1. The van der Waals surface area contributed by atoms with E-state index in [0.29, 0.717) is 0 Å². The number of hydrogen-bond acceptors (Lipinski definition) is 1. The van der Waals surface area contributed by atoms with E-state index in [1.807, 2.05) is 18.3 Å². The fourth-order valence-electron chi connectivity index (χ4n) is 2.53. The Balaban J connectivity index is 2.47. The van der Waals surface area contributed by atoms with Gasteiger partial charge in [0.1, 0.15) is 0 Å². The molecule has 0 radical (unpaired) electrons. The summed E-state index contributed by atoms with van der Waals surface area (Å²) >= 11 is 0. The number of benzene rings is 1. The molecule has 0 fully saturated rings. The van der Waals surface area contributed by atoms with Crippen molar-refractivity contribution in [3.63, 3.8) is 0 Å². The fraction of sp³-hybridized carbons (Fsp3) is 0.190. The highest BCUT2D eigenvalue weighted by atomic mass is 14.6. The average Bonchev–Trinajstić information content (AvgIpc) is 2.50. The van der Waals surface area contributed by atoms with Crippen molar-refractivity contribution in [2.24, 2.45) is 0 Å². The van der Waals surface area contributed by atoms with Gasteiger partial charge in [-0.15, -0.1) is 0 Å². The van der Waals surface area contributed by atoms with E-state index >= 15 is 0 Å². The lowest BCUT2D eigenvalue weighted by Crippen LogP contribution is -1.91. The summed E-state index contributed by atoms with van der Waals surface area (Å²) in [4.78, 5) is 4.49. The number of hydrogen-bond donors (Lipinski definition) is 0. The van der Waals surface area contributed by atoms with Crippen LogP contribution in [0.3, 0.4) is 0 Å². The first-order valence-electron chi connectivity index (χ1n) is 7.53. The smallest absolute Gasteiger partial charge is 0.0707 e. The molecule has 0 aliphatic rings. The van der Waals surface area contributed by atoms with Crippen LogP contribution in [0.25, 0.3) is 17.0 Å². The first kappa shape index (κ1) is 16.0. The largest absolute Gasteiger partial charge is 0.256 e. The normalized spacial score (nSPS) is 11.3. The van der Waals surface area contributed by atoms with E-state index < -0.39 is 0 Å². The Hall–Kier alpha value is -2.41. The molecule has 1 nitrogen and oxygen atoms in total. The van der Waals surface area contributed by atoms with Gasteiger partial charge in [-0.3, -0.25) is 4.98 Å². The maximum Gasteiger partial charge on any atom is 0.0707 e. The topological polar surface area (TPSA) is 12.9 Å². The van der Waals surface area contributed by atoms with Crippen LogP contribution >= 0.6 is 0 Å². The van der Waals surface area contributed by atoms with Crippen molar-refractivity contribution in [2.75, 3.05) is 0 Å². The van der Waals surface area contributed by atoms with E-state index in [4.69, 9.17) is 0 Å². The molecule has 22 heavy (non-hydrogen) atoms. The SMILES string of the molecule is C=C/C(C=C(C)C)=C\Cc1ccnc2cc(C)c(C=C)cc12. The van der Waals surface area contributed by atoms with Gasteiger partial charge < -0.3 is 0 Å². The molecule has 2 aromatic rings. The van der Waals surface area contributed by atoms with Gasteiger partial charge in [0.25, 0.3) is 0 Å². The molecule has 112 valence electrons. The molecular formula is C21H23N. The van der Waals surface area contributed by atoms with Gasteiger partial charge in [-0.1, -0.05) is 43.0 Å². The van der Waals surface area contributed by atoms with Gasteiger partial charge in [0.05, 0.1) is 5.52 Å². The molecule has 0 aliphatic heterocycles. The number of aromatic nitrogens is 1. The lowest BCUT2D eigenvalue weighted by atomic mass is 9.99. The number of allylic oxidation sites excluding steroid dienone is 5. The summed E-state index contributed by atoms with van der Waals surface area (Å²) in [7, 11) is 0. The molecule has 0 aliphatic carbocycles. The summed E-state index contributed by atoms with van der Waals surface area (Å²) in [6.45, 7) is 14.1. The third kappa shape index (κ3) is 3.62. The van der Waals surface area contributed by atoms with E-state index in [1.54, 1.807) is 0 Å². The van der Waals surface area contributed by atoms with Crippen molar-refractivity contribution in [2.45, 2.75) is 27.2 Å². The predicted octanol–water partition coefficient (Wildman–Crippen LogP) is 5.81. The van der Waals surface area contributed by atoms with Crippen molar-refractivity contribution >= 4 is 17.0 Å². The molecule has 0 saturated carbocycles. The number of aryl methyl sites for hydroxylation is 1. The van der Waals surface area contributed by atoms with Crippen LogP contribution in [0.4, 0.5) is 0 Å². The Morgan fingerprint density at radius 2 is 2.00 bits per heavy atom. The number of fused-ring (bicyclic) bond motifs is 1. The van der Waals surface area contributed by atoms with Crippen LogP contribution < -0.4 is 0 Å². The third-order valence-corrected chi connectivity index (χ3v) is 3.69. The summed E-state index contributed by atoms with van der Waals surface area (Å²) < 4.78 is 0. The van der Waals surface area contributed by atoms with Gasteiger partial charge >= 0.3 is 0 Å². The molecule has 2 rings (SSSR count). The first-order valence-corrected chi connectivity index (χ1v) is 7.53. The predicted molar refractivity (Wildman–Crippen MR) is 98.0 cm³/mol. The van der Waals surface area contributed by atoms with Gasteiger partial charge in [0, 0.05) is 11.6 Å². The zero-order valence-corrected chi connectivity index (χ0v) is 13.7. The molecule has 1 heterocycles. The summed E-state index contributed by atoms with van der Waals surface area (Å²) in [5, 5.41) is 1.19. The van der Waals surface area contributed by atoms with Crippen molar-refractivity contribution < 1.29 is 0 Å². The molecule has 0 spiro atoms. The van der Waals surface area contributed by atoms with E-state index in [9.17, 15) is 0 Å². The number of pyridine rings is 1. The Morgan fingerprint density at radius 1 is 1.23 bits per heavy atom. The molecule has 0 bridgehead atoms. The van der Waals surface area contributed by atoms with Gasteiger partial charge in [-0.25, -0.2) is 0 Å². The van der Waals surface area contributed by atoms with Crippen LogP contribution in [0.1, 0.15) is 30.5 Å². The third-order valence-electron chi connectivity index (χ3n) is 3.69. The van der Waals surface area contributed by atoms with Gasteiger partial charge in [-0.05, 0) is 67.7 Å². The van der Waals surface area contributed by atoms with E-state index in [2.05, 4.69) is 69.3 Å². The van der Waals surface area contributed by atoms with Crippen LogP contribution in [-0.4, -0.2) is 4.98 Å². The quantitative estimate of drug-likeness (QED) is 0.633. The van der Waals surface area contributed by atoms with Crippen molar-refractivity contribution in [3.05, 3.63) is 83.6 Å². The second-order valence-electron chi connectivity index (χ2n) is 5.73. The summed E-state index contributed by atoms with van der Waals surface area (Å²) in [6, 6.07) is 6.40. The van der Waals surface area contributed by atoms with Crippen LogP contribution in [0.15, 0.2) is 66.9 Å². The molecule has 0 unspecified atom stereocenters. The standard InChI is InChI=1S/C21H23N/c1-6-17(12-15(3)4)8-9-19-10-11-22-21-13-16(5)18(7-2)14-20(19)21/h6-8,10-14H,1-2,9H2,3-5H3/b17-8+. The van der Waals surface area contributed by atoms with Gasteiger partial charge in [0.2, 0.25) is 0 Å². The zero-order valence-electron chi connectivity index (χ0n) is 13.7. The Morgan fingerprint density at radius 3 is 2.64 bits per heavy atom. The highest BCUT2D eigenvalue weighted by Gasteiger charge is 2.04. The fourth-order valence-corrected chi connectivity index (χ4v) is 2.53. The van der Waals surface area contributed by atoms with Crippen LogP contribution in [0.5, 0.6) is 0 Å². The molecular weight excluding hydrogens is 266 g/mol. The molecule has 0 amide bonds. The summed E-state index contributed by atoms with van der Waals surface area (Å²) in [5.41, 5.74) is 7.11. The second kappa shape index (κ2) is 7.04. The Kier molecular flexibility index (Phi) is 5.11. The minimum absolute atomic E-state index is 0.865. The van der Waals surface area contributed by atoms with Crippen LogP contribution in [-0.2, 0) is 6.42 Å². The lowest BCUT2D eigenvalue weighted by Gasteiger charge is -2.08. The van der Waals surface area contributed by atoms with E-state index in [0.717, 1.165) is 17.5 Å². The first-order chi connectivity index (χ1) is 10.5. The van der Waals surface area contributed by atoms with Crippen molar-refractivity contribution in [1.82, 2.24) is 4.98 Å². The summed E-state index contributed by atoms with van der Waals surface area (Å²) in [6.07, 6.45) is 10.9. The highest BCUT2D eigenvalue weighted by Crippen LogP contribution is 2.23. The maximum atomic E-state index is 4.49. The van der Waals surface area contributed by atoms with Gasteiger partial charge in [-0.2, -0.15) is 0 Å². The minimum Gasteiger partial charge on any atom is -0.256 e. The molecule has 0 N–H and O–H groups in total. The maximum absolute atomic E-state index is 4.49. The second-order valence-corrected chi connectivity index (χ2v) is 5.73. The lowest BCUT2D eigenvalue weighted by molar-refractivity contribution is 1.24. The molecule has 0 saturated heterocycles. The Bertz CT molecular complexity index is 772. The number of rotatable bonds is 5. The van der Waals surface area contributed by atoms with Crippen LogP contribution in [0, 0.1) is 6.92 Å². The van der Waals surface area contributed by atoms with E-state index in [-0.39, 0.29) is 0 Å². The molecule has 1 aromatic carbocycles. The highest BCUT2D eigenvalue weighted by molar-refractivity contribution is 5.85.